The molecule has 0 unspecified atom stereocenters. The summed E-state index contributed by atoms with van der Waals surface area (Å²) in [5.41, 5.74) is 0. The Morgan fingerprint density at radius 2 is 1.92 bits per heavy atom. The van der Waals surface area contributed by atoms with Crippen LogP contribution in [-0.4, -0.2) is 44.7 Å². The van der Waals surface area contributed by atoms with Crippen LogP contribution >= 0.6 is 0 Å². The molecule has 0 aromatic heterocycles. The number of allylic oxidation sites excluding steroid dienone is 2. The lowest BCUT2D eigenvalue weighted by Gasteiger charge is -2.19. The molecule has 0 aliphatic heterocycles. The number of carboxylic acids is 1. The van der Waals surface area contributed by atoms with Gasteiger partial charge in [-0.1, -0.05) is 50.5 Å². The van der Waals surface area contributed by atoms with Crippen molar-refractivity contribution in [2.75, 3.05) is 0 Å². The van der Waals surface area contributed by atoms with Gasteiger partial charge in [0.05, 0.1) is 18.3 Å². The lowest BCUT2D eigenvalue weighted by atomic mass is 9.89. The van der Waals surface area contributed by atoms with E-state index in [9.17, 15) is 20.1 Å². The van der Waals surface area contributed by atoms with Gasteiger partial charge < -0.3 is 20.4 Å². The first-order chi connectivity index (χ1) is 12.0. The zero-order chi connectivity index (χ0) is 18.7. The summed E-state index contributed by atoms with van der Waals surface area (Å²) in [6.45, 7) is 2.12. The summed E-state index contributed by atoms with van der Waals surface area (Å²) >= 11 is 0. The van der Waals surface area contributed by atoms with Crippen molar-refractivity contribution in [3.05, 3.63) is 24.3 Å². The highest BCUT2D eigenvalue weighted by atomic mass is 16.4. The van der Waals surface area contributed by atoms with Gasteiger partial charge in [-0.05, 0) is 31.6 Å². The lowest BCUT2D eigenvalue weighted by molar-refractivity contribution is -0.137. The third-order valence-corrected chi connectivity index (χ3v) is 4.91. The quantitative estimate of drug-likeness (QED) is 0.319. The molecule has 0 aromatic carbocycles. The van der Waals surface area contributed by atoms with Crippen molar-refractivity contribution < 1.29 is 25.2 Å². The second kappa shape index (κ2) is 12.2. The Hall–Kier alpha value is -1.17. The number of rotatable bonds is 12. The van der Waals surface area contributed by atoms with Crippen LogP contribution in [0.25, 0.3) is 0 Å². The molecule has 0 heterocycles. The van der Waals surface area contributed by atoms with E-state index in [1.165, 1.54) is 0 Å². The monoisotopic (exact) mass is 354 g/mol. The fraction of sp³-hybridized carbons (Fsp3) is 0.750. The molecule has 25 heavy (non-hydrogen) atoms. The van der Waals surface area contributed by atoms with E-state index in [-0.39, 0.29) is 18.3 Å². The van der Waals surface area contributed by atoms with Gasteiger partial charge in [-0.2, -0.15) is 0 Å². The summed E-state index contributed by atoms with van der Waals surface area (Å²) in [5, 5.41) is 39.0. The van der Waals surface area contributed by atoms with Crippen molar-refractivity contribution in [1.82, 2.24) is 0 Å². The van der Waals surface area contributed by atoms with Crippen LogP contribution in [0.1, 0.15) is 64.7 Å². The molecule has 4 N–H and O–H groups in total. The Bertz CT molecular complexity index is 432. The second-order valence-corrected chi connectivity index (χ2v) is 7.05. The van der Waals surface area contributed by atoms with Crippen LogP contribution in [0, 0.1) is 11.8 Å². The van der Waals surface area contributed by atoms with Crippen molar-refractivity contribution >= 4 is 5.97 Å². The van der Waals surface area contributed by atoms with E-state index in [0.29, 0.717) is 25.7 Å². The summed E-state index contributed by atoms with van der Waals surface area (Å²) < 4.78 is 0. The number of hydrogen-bond acceptors (Lipinski definition) is 4. The average molecular weight is 354 g/mol. The zero-order valence-electron chi connectivity index (χ0n) is 15.3. The van der Waals surface area contributed by atoms with Crippen molar-refractivity contribution in [2.45, 2.75) is 83.0 Å². The minimum Gasteiger partial charge on any atom is -0.481 e. The molecule has 0 radical (unpaired) electrons. The van der Waals surface area contributed by atoms with Gasteiger partial charge in [-0.25, -0.2) is 0 Å². The number of aliphatic hydroxyl groups excluding tert-OH is 3. The van der Waals surface area contributed by atoms with Crippen LogP contribution in [0.5, 0.6) is 0 Å². The Morgan fingerprint density at radius 1 is 1.16 bits per heavy atom. The van der Waals surface area contributed by atoms with Crippen molar-refractivity contribution in [1.29, 1.82) is 0 Å². The molecule has 0 spiro atoms. The van der Waals surface area contributed by atoms with Crippen LogP contribution in [0.15, 0.2) is 24.3 Å². The molecule has 144 valence electrons. The number of aliphatic carboxylic acids is 1. The fourth-order valence-corrected chi connectivity index (χ4v) is 3.41. The molecule has 1 aliphatic rings. The highest BCUT2D eigenvalue weighted by Gasteiger charge is 2.39. The van der Waals surface area contributed by atoms with Crippen molar-refractivity contribution in [3.8, 4) is 0 Å². The van der Waals surface area contributed by atoms with Gasteiger partial charge >= 0.3 is 5.97 Å². The second-order valence-electron chi connectivity index (χ2n) is 7.05. The number of aliphatic hydroxyl groups is 3. The molecule has 0 aromatic rings. The molecule has 1 fully saturated rings. The molecule has 1 saturated carbocycles. The van der Waals surface area contributed by atoms with Gasteiger partial charge in [-0.3, -0.25) is 4.79 Å². The summed E-state index contributed by atoms with van der Waals surface area (Å²) in [5.74, 6) is -1.00. The van der Waals surface area contributed by atoms with Gasteiger partial charge in [0.25, 0.3) is 0 Å². The number of unbranched alkanes of at least 4 members (excludes halogenated alkanes) is 3. The molecular formula is C20H34O5. The molecule has 5 nitrogen and oxygen atoms in total. The molecule has 1 aliphatic carbocycles. The summed E-state index contributed by atoms with van der Waals surface area (Å²) in [6, 6.07) is 0. The van der Waals surface area contributed by atoms with Gasteiger partial charge in [0.2, 0.25) is 0 Å². The Morgan fingerprint density at radius 3 is 2.60 bits per heavy atom. The SMILES string of the molecule is CCCCC[C@@H](O)/C=C/[C@@H]1[C@H](C/C=C/CCCC(=O)O)[C@@H](O)C[C@H]1O. The van der Waals surface area contributed by atoms with Crippen LogP contribution in [-0.2, 0) is 4.79 Å². The predicted molar refractivity (Wildman–Crippen MR) is 98.1 cm³/mol. The van der Waals surface area contributed by atoms with E-state index < -0.39 is 24.3 Å². The van der Waals surface area contributed by atoms with Crippen LogP contribution < -0.4 is 0 Å². The van der Waals surface area contributed by atoms with Gasteiger partial charge in [0.15, 0.2) is 0 Å². The number of carboxylic acid groups (broad SMARTS) is 1. The van der Waals surface area contributed by atoms with Crippen molar-refractivity contribution in [2.24, 2.45) is 11.8 Å². The number of carbonyl (C=O) groups is 1. The smallest absolute Gasteiger partial charge is 0.303 e. The highest BCUT2D eigenvalue weighted by molar-refractivity contribution is 5.66. The highest BCUT2D eigenvalue weighted by Crippen LogP contribution is 2.36. The Labute approximate surface area is 151 Å². The van der Waals surface area contributed by atoms with E-state index in [1.54, 1.807) is 6.08 Å². The maximum absolute atomic E-state index is 10.5. The topological polar surface area (TPSA) is 98.0 Å². The average Bonchev–Trinajstić information content (AvgIpc) is 2.82. The zero-order valence-corrected chi connectivity index (χ0v) is 15.3. The standard InChI is InChI=1S/C20H34O5/c1-2-3-6-9-15(21)12-13-17-16(18(22)14-19(17)23)10-7-4-5-8-11-20(24)25/h4,7,12-13,15-19,21-23H,2-3,5-6,8-11,14H2,1H3,(H,24,25)/b7-4+,13-12+/t15-,16+,17-,18+,19-/m1/s1. The van der Waals surface area contributed by atoms with Crippen LogP contribution in [0.4, 0.5) is 0 Å². The third-order valence-electron chi connectivity index (χ3n) is 4.91. The fourth-order valence-electron chi connectivity index (χ4n) is 3.41. The largest absolute Gasteiger partial charge is 0.481 e. The maximum Gasteiger partial charge on any atom is 0.303 e. The van der Waals surface area contributed by atoms with Gasteiger partial charge in [0, 0.05) is 18.8 Å². The number of hydrogen-bond donors (Lipinski definition) is 4. The third kappa shape index (κ3) is 8.66. The predicted octanol–water partition coefficient (Wildman–Crippen LogP) is 3.04. The van der Waals surface area contributed by atoms with Gasteiger partial charge in [0.1, 0.15) is 0 Å². The first-order valence-corrected chi connectivity index (χ1v) is 9.55. The van der Waals surface area contributed by atoms with E-state index in [4.69, 9.17) is 5.11 Å². The summed E-state index contributed by atoms with van der Waals surface area (Å²) in [4.78, 5) is 10.5. The molecule has 1 rings (SSSR count). The van der Waals surface area contributed by atoms with E-state index >= 15 is 0 Å². The first kappa shape index (κ1) is 21.9. The Balaban J connectivity index is 2.46. The lowest BCUT2D eigenvalue weighted by Crippen LogP contribution is -2.20. The minimum absolute atomic E-state index is 0.0650. The Kier molecular flexibility index (Phi) is 10.7. The van der Waals surface area contributed by atoms with Crippen LogP contribution in [0.2, 0.25) is 0 Å². The van der Waals surface area contributed by atoms with Crippen LogP contribution in [0.3, 0.4) is 0 Å². The maximum atomic E-state index is 10.5. The molecule has 0 saturated heterocycles. The molecule has 0 amide bonds. The van der Waals surface area contributed by atoms with E-state index in [1.807, 2.05) is 18.2 Å². The summed E-state index contributed by atoms with van der Waals surface area (Å²) in [6.07, 6.45) is 12.3. The molecule has 0 bridgehead atoms. The van der Waals surface area contributed by atoms with E-state index in [2.05, 4.69) is 6.92 Å². The van der Waals surface area contributed by atoms with Crippen molar-refractivity contribution in [3.63, 3.8) is 0 Å². The normalized spacial score (nSPS) is 28.2. The van der Waals surface area contributed by atoms with Gasteiger partial charge in [-0.15, -0.1) is 0 Å². The summed E-state index contributed by atoms with van der Waals surface area (Å²) in [7, 11) is 0. The minimum atomic E-state index is -0.787. The van der Waals surface area contributed by atoms with E-state index in [0.717, 1.165) is 25.7 Å². The molecular weight excluding hydrogens is 320 g/mol. The first-order valence-electron chi connectivity index (χ1n) is 9.55. The molecule has 5 atom stereocenters. The molecule has 5 heteroatoms.